The van der Waals surface area contributed by atoms with Crippen LogP contribution in [0.3, 0.4) is 0 Å². The van der Waals surface area contributed by atoms with Crippen LogP contribution < -0.4 is 5.49 Å². The highest BCUT2D eigenvalue weighted by atomic mass is 79.9. The zero-order valence-electron chi connectivity index (χ0n) is 16.5. The third kappa shape index (κ3) is 6.07. The molecule has 3 aromatic rings. The number of hydrogen-bond acceptors (Lipinski definition) is 3. The molecule has 1 atom stereocenters. The molecule has 0 saturated heterocycles. The number of nitrogens with one attached hydrogen (secondary N) is 1. The number of nitrogens with zero attached hydrogens (tertiary/aromatic N) is 2. The monoisotopic (exact) mass is 469 g/mol. The fourth-order valence-electron chi connectivity index (χ4n) is 2.39. The van der Waals surface area contributed by atoms with Gasteiger partial charge in [-0.25, -0.2) is 4.52 Å². The van der Waals surface area contributed by atoms with Gasteiger partial charge in [0.25, 0.3) is 12.4 Å². The number of alkyl halides is 1. The minimum absolute atomic E-state index is 0.0316. The highest BCUT2D eigenvalue weighted by Gasteiger charge is 2.23. The second kappa shape index (κ2) is 9.56. The number of aromatic nitrogens is 2. The van der Waals surface area contributed by atoms with Crippen LogP contribution in [0.15, 0.2) is 29.3 Å². The van der Waals surface area contributed by atoms with Crippen LogP contribution in [0.1, 0.15) is 40.5 Å². The number of H-pyrrole nitrogens is 1. The largest absolute Gasteiger partial charge is 0.462 e. The number of fused-ring (bicyclic) bond motifs is 1. The average Bonchev–Trinajstić information content (AvgIpc) is 3.15. The Balaban J connectivity index is 0.000000345. The summed E-state index contributed by atoms with van der Waals surface area (Å²) in [6.45, 7) is 7.85. The first kappa shape index (κ1) is 22.4. The first-order valence-electron chi connectivity index (χ1n) is 9.05. The van der Waals surface area contributed by atoms with E-state index in [1.807, 2.05) is 56.5 Å². The summed E-state index contributed by atoms with van der Waals surface area (Å²) in [7, 11) is 0. The molecule has 1 N–H and O–H groups in total. The lowest BCUT2D eigenvalue weighted by atomic mass is 10.1. The highest BCUT2D eigenvalue weighted by molar-refractivity contribution is 9.09. The van der Waals surface area contributed by atoms with Gasteiger partial charge >= 0.3 is 0 Å². The van der Waals surface area contributed by atoms with Gasteiger partial charge in [0.15, 0.2) is 5.49 Å². The fraction of sp³-hybridized carbons (Fsp3) is 0.450. The minimum atomic E-state index is -0.318. The van der Waals surface area contributed by atoms with Crippen LogP contribution in [0.4, 0.5) is 0 Å². The number of aromatic amines is 1. The SMILES string of the molecule is CC(C)(C)OC=O.CC(CCCBr)C(=O)N=c1c2c(-c3ccc(Cl)cc3)[nH]n12. The molecule has 6 nitrogen and oxygen atoms in total. The summed E-state index contributed by atoms with van der Waals surface area (Å²) in [5.74, 6) is -0.0825. The van der Waals surface area contributed by atoms with Gasteiger partial charge < -0.3 is 4.74 Å². The Morgan fingerprint density at radius 3 is 2.50 bits per heavy atom. The van der Waals surface area contributed by atoms with Gasteiger partial charge in [-0.15, -0.1) is 0 Å². The molecule has 152 valence electrons. The predicted octanol–water partition coefficient (Wildman–Crippen LogP) is 4.66. The van der Waals surface area contributed by atoms with E-state index in [1.54, 1.807) is 0 Å². The molecule has 0 aliphatic rings. The summed E-state index contributed by atoms with van der Waals surface area (Å²) in [6, 6.07) is 7.60. The Morgan fingerprint density at radius 1 is 1.36 bits per heavy atom. The molecule has 0 saturated carbocycles. The Kier molecular flexibility index (Phi) is 7.66. The van der Waals surface area contributed by atoms with Crippen LogP contribution in [0.2, 0.25) is 5.02 Å². The van der Waals surface area contributed by atoms with E-state index in [1.165, 1.54) is 0 Å². The van der Waals surface area contributed by atoms with E-state index in [0.717, 1.165) is 40.4 Å². The molecule has 0 radical (unpaired) electrons. The van der Waals surface area contributed by atoms with Crippen molar-refractivity contribution in [1.29, 1.82) is 0 Å². The van der Waals surface area contributed by atoms with Crippen LogP contribution in [-0.4, -0.2) is 32.9 Å². The fourth-order valence-corrected chi connectivity index (χ4v) is 2.84. The van der Waals surface area contributed by atoms with E-state index in [9.17, 15) is 9.59 Å². The quantitative estimate of drug-likeness (QED) is 0.420. The van der Waals surface area contributed by atoms with Crippen LogP contribution in [-0.2, 0) is 14.3 Å². The summed E-state index contributed by atoms with van der Waals surface area (Å²) in [5.41, 5.74) is 3.50. The van der Waals surface area contributed by atoms with Crippen LogP contribution >= 0.6 is 27.5 Å². The molecule has 2 aromatic heterocycles. The van der Waals surface area contributed by atoms with Crippen molar-refractivity contribution in [2.75, 3.05) is 5.33 Å². The van der Waals surface area contributed by atoms with Gasteiger partial charge in [-0.2, -0.15) is 4.99 Å². The van der Waals surface area contributed by atoms with Crippen molar-refractivity contribution >= 4 is 45.4 Å². The summed E-state index contributed by atoms with van der Waals surface area (Å²) in [4.78, 5) is 25.8. The van der Waals surface area contributed by atoms with Crippen molar-refractivity contribution in [1.82, 2.24) is 9.61 Å². The molecule has 3 rings (SSSR count). The number of carbonyl (C=O) groups excluding carboxylic acids is 2. The van der Waals surface area contributed by atoms with Crippen molar-refractivity contribution in [3.8, 4) is 11.3 Å². The summed E-state index contributed by atoms with van der Waals surface area (Å²) < 4.78 is 6.38. The molecule has 0 aliphatic heterocycles. The topological polar surface area (TPSA) is 75.9 Å². The Labute approximate surface area is 177 Å². The van der Waals surface area contributed by atoms with Crippen LogP contribution in [0.25, 0.3) is 16.8 Å². The summed E-state index contributed by atoms with van der Waals surface area (Å²) in [6.07, 6.45) is 1.84. The normalized spacial score (nSPS) is 13.4. The van der Waals surface area contributed by atoms with Gasteiger partial charge in [-0.05, 0) is 45.7 Å². The first-order valence-corrected chi connectivity index (χ1v) is 10.5. The van der Waals surface area contributed by atoms with Crippen molar-refractivity contribution < 1.29 is 14.3 Å². The number of rotatable bonds is 6. The number of carbonyl (C=O) groups is 2. The molecule has 1 unspecified atom stereocenters. The smallest absolute Gasteiger partial charge is 0.293 e. The maximum absolute atomic E-state index is 12.0. The van der Waals surface area contributed by atoms with Crippen LogP contribution in [0.5, 0.6) is 0 Å². The maximum atomic E-state index is 12.0. The van der Waals surface area contributed by atoms with Gasteiger partial charge in [0.2, 0.25) is 0 Å². The van der Waals surface area contributed by atoms with E-state index in [4.69, 9.17) is 11.6 Å². The maximum Gasteiger partial charge on any atom is 0.293 e. The van der Waals surface area contributed by atoms with E-state index in [-0.39, 0.29) is 17.4 Å². The second-order valence-electron chi connectivity index (χ2n) is 7.51. The molecule has 28 heavy (non-hydrogen) atoms. The van der Waals surface area contributed by atoms with Crippen molar-refractivity contribution in [3.05, 3.63) is 34.8 Å². The molecule has 8 heteroatoms. The van der Waals surface area contributed by atoms with E-state index in [2.05, 4.69) is 30.8 Å². The van der Waals surface area contributed by atoms with Gasteiger partial charge in [0, 0.05) is 21.8 Å². The molecule has 0 bridgehead atoms. The Hall–Kier alpha value is -1.86. The standard InChI is InChI=1S/C15H15BrClN3O.C5H10O2/c1-9(3-2-8-16)15(21)18-14-13-12(19-20(13)14)10-4-6-11(17)7-5-10;1-5(2,3)7-4-6/h4-7,9,19H,2-3,8H2,1H3;4H,1-3H3. The number of benzene rings is 1. The molecule has 1 aromatic carbocycles. The number of amides is 1. The molecule has 1 amide bonds. The first-order chi connectivity index (χ1) is 13.2. The summed E-state index contributed by atoms with van der Waals surface area (Å²) in [5, 5.41) is 4.80. The van der Waals surface area contributed by atoms with E-state index < -0.39 is 0 Å². The van der Waals surface area contributed by atoms with E-state index >= 15 is 0 Å². The third-order valence-corrected chi connectivity index (χ3v) is 4.81. The van der Waals surface area contributed by atoms with Crippen molar-refractivity contribution in [2.45, 2.75) is 46.1 Å². The lowest BCUT2D eigenvalue weighted by molar-refractivity contribution is -0.138. The minimum Gasteiger partial charge on any atom is -0.462 e. The Morgan fingerprint density at radius 2 is 2.00 bits per heavy atom. The van der Waals surface area contributed by atoms with Crippen molar-refractivity contribution in [3.63, 3.8) is 0 Å². The average molecular weight is 471 g/mol. The molecule has 2 heterocycles. The van der Waals surface area contributed by atoms with E-state index in [0.29, 0.717) is 11.5 Å². The van der Waals surface area contributed by atoms with Crippen molar-refractivity contribution in [2.24, 2.45) is 10.9 Å². The zero-order chi connectivity index (χ0) is 20.9. The van der Waals surface area contributed by atoms with Gasteiger partial charge in [-0.3, -0.25) is 14.7 Å². The number of ether oxygens (including phenoxy) is 1. The molecule has 0 spiro atoms. The van der Waals surface area contributed by atoms with Gasteiger partial charge in [0.1, 0.15) is 11.1 Å². The molecular weight excluding hydrogens is 446 g/mol. The van der Waals surface area contributed by atoms with Gasteiger partial charge in [0.05, 0.1) is 5.69 Å². The van der Waals surface area contributed by atoms with Crippen LogP contribution in [0, 0.1) is 5.92 Å². The summed E-state index contributed by atoms with van der Waals surface area (Å²) >= 11 is 9.26. The molecule has 0 aliphatic carbocycles. The third-order valence-electron chi connectivity index (χ3n) is 4.00. The zero-order valence-corrected chi connectivity index (χ0v) is 18.8. The molecular formula is C20H25BrClN3O3. The highest BCUT2D eigenvalue weighted by Crippen LogP contribution is 2.26. The Bertz CT molecular complexity index is 940. The lowest BCUT2D eigenvalue weighted by Gasteiger charge is -2.14. The second-order valence-corrected chi connectivity index (χ2v) is 8.74. The number of hydrogen-bond donors (Lipinski definition) is 1. The lowest BCUT2D eigenvalue weighted by Crippen LogP contribution is -2.17. The predicted molar refractivity (Wildman–Crippen MR) is 114 cm³/mol. The van der Waals surface area contributed by atoms with Gasteiger partial charge in [-0.1, -0.05) is 46.6 Å². The number of halogens is 2. The molecule has 0 fully saturated rings.